The number of nitrogens with zero attached hydrogens (tertiary/aromatic N) is 2. The van der Waals surface area contributed by atoms with Crippen molar-refractivity contribution in [1.29, 1.82) is 0 Å². The van der Waals surface area contributed by atoms with E-state index in [-0.39, 0.29) is 11.8 Å². The van der Waals surface area contributed by atoms with Crippen LogP contribution >= 0.6 is 11.3 Å². The van der Waals surface area contributed by atoms with Gasteiger partial charge in [0, 0.05) is 30.0 Å². The molecule has 2 amide bonds. The molecule has 6 nitrogen and oxygen atoms in total. The van der Waals surface area contributed by atoms with Gasteiger partial charge in [0.05, 0.1) is 16.6 Å². The van der Waals surface area contributed by atoms with E-state index in [0.29, 0.717) is 18.5 Å². The molecule has 2 aromatic carbocycles. The summed E-state index contributed by atoms with van der Waals surface area (Å²) in [5.41, 5.74) is 5.84. The average molecular weight is 471 g/mol. The van der Waals surface area contributed by atoms with Crippen LogP contribution in [0, 0.1) is 0 Å². The summed E-state index contributed by atoms with van der Waals surface area (Å²) in [6.45, 7) is 1.34. The van der Waals surface area contributed by atoms with Gasteiger partial charge in [0.2, 0.25) is 5.91 Å². The zero-order valence-electron chi connectivity index (χ0n) is 18.9. The summed E-state index contributed by atoms with van der Waals surface area (Å²) < 4.78 is 0. The lowest BCUT2D eigenvalue weighted by Crippen LogP contribution is -2.24. The summed E-state index contributed by atoms with van der Waals surface area (Å²) in [7, 11) is 0. The number of aromatic amines is 1. The van der Waals surface area contributed by atoms with Crippen LogP contribution in [0.3, 0.4) is 0 Å². The lowest BCUT2D eigenvalue weighted by molar-refractivity contribution is -0.128. The van der Waals surface area contributed by atoms with E-state index in [0.717, 1.165) is 65.2 Å². The molecule has 7 heteroatoms. The first kappa shape index (κ1) is 21.1. The van der Waals surface area contributed by atoms with Crippen molar-refractivity contribution in [3.63, 3.8) is 0 Å². The number of benzene rings is 2. The largest absolute Gasteiger partial charge is 0.338 e. The molecule has 172 valence electrons. The van der Waals surface area contributed by atoms with Gasteiger partial charge in [0.15, 0.2) is 0 Å². The van der Waals surface area contributed by atoms with Gasteiger partial charge in [-0.2, -0.15) is 0 Å². The van der Waals surface area contributed by atoms with Gasteiger partial charge in [-0.1, -0.05) is 24.3 Å². The van der Waals surface area contributed by atoms with Crippen molar-refractivity contribution in [3.8, 4) is 11.4 Å². The number of rotatable bonds is 5. The van der Waals surface area contributed by atoms with Gasteiger partial charge in [-0.3, -0.25) is 9.59 Å². The molecule has 1 fully saturated rings. The van der Waals surface area contributed by atoms with Crippen molar-refractivity contribution in [2.24, 2.45) is 0 Å². The van der Waals surface area contributed by atoms with Gasteiger partial charge in [0.1, 0.15) is 10.8 Å². The predicted octanol–water partition coefficient (Wildman–Crippen LogP) is 5.54. The van der Waals surface area contributed by atoms with E-state index >= 15 is 0 Å². The minimum absolute atomic E-state index is 0.134. The molecule has 34 heavy (non-hydrogen) atoms. The van der Waals surface area contributed by atoms with Crippen LogP contribution in [-0.4, -0.2) is 33.2 Å². The molecule has 2 aromatic heterocycles. The minimum Gasteiger partial charge on any atom is -0.338 e. The Hall–Kier alpha value is -3.45. The van der Waals surface area contributed by atoms with Gasteiger partial charge in [-0.25, -0.2) is 4.98 Å². The number of carbonyl (C=O) groups excluding carboxylic acids is 2. The molecule has 0 spiro atoms. The number of aromatic nitrogens is 2. The molecular weight excluding hydrogens is 444 g/mol. The fraction of sp³-hybridized carbons (Fsp3) is 0.296. The maximum atomic E-state index is 13.3. The quantitative estimate of drug-likeness (QED) is 0.402. The molecule has 0 unspecified atom stereocenters. The molecule has 4 aromatic rings. The van der Waals surface area contributed by atoms with E-state index in [9.17, 15) is 9.59 Å². The molecule has 0 atom stereocenters. The lowest BCUT2D eigenvalue weighted by atomic mass is 9.95. The Bertz CT molecular complexity index is 1370. The standard InChI is InChI=1S/C27H26N4O2S/c32-23-13-6-14-31(23)16-17-7-5-8-18(15-17)26(33)30-27-24(19-9-1-4-12-22(19)34-27)25-28-20-10-2-3-11-21(20)29-25/h2-3,5,7-8,10-11,15H,1,4,6,9,12-14,16H2,(H,28,29)(H,30,33). The Morgan fingerprint density at radius 2 is 1.94 bits per heavy atom. The zero-order chi connectivity index (χ0) is 23.1. The highest BCUT2D eigenvalue weighted by atomic mass is 32.1. The van der Waals surface area contributed by atoms with E-state index in [4.69, 9.17) is 4.98 Å². The molecule has 0 bridgehead atoms. The first-order valence-corrected chi connectivity index (χ1v) is 12.7. The molecule has 1 aliphatic carbocycles. The summed E-state index contributed by atoms with van der Waals surface area (Å²) >= 11 is 1.68. The highest BCUT2D eigenvalue weighted by molar-refractivity contribution is 7.17. The second-order valence-electron chi connectivity index (χ2n) is 9.09. The summed E-state index contributed by atoms with van der Waals surface area (Å²) in [6.07, 6.45) is 5.91. The smallest absolute Gasteiger partial charge is 0.256 e. The fourth-order valence-corrected chi connectivity index (χ4v) is 6.34. The van der Waals surface area contributed by atoms with Gasteiger partial charge < -0.3 is 15.2 Å². The highest BCUT2D eigenvalue weighted by Gasteiger charge is 2.25. The number of para-hydroxylation sites is 2. The number of imidazole rings is 1. The molecule has 6 rings (SSSR count). The van der Waals surface area contributed by atoms with E-state index in [2.05, 4.69) is 10.3 Å². The van der Waals surface area contributed by atoms with Crippen LogP contribution in [0.15, 0.2) is 48.5 Å². The number of H-pyrrole nitrogens is 1. The van der Waals surface area contributed by atoms with Gasteiger partial charge >= 0.3 is 0 Å². The zero-order valence-corrected chi connectivity index (χ0v) is 19.7. The third-order valence-corrected chi connectivity index (χ3v) is 7.97. The summed E-state index contributed by atoms with van der Waals surface area (Å²) in [5.74, 6) is 0.872. The number of aryl methyl sites for hydroxylation is 1. The highest BCUT2D eigenvalue weighted by Crippen LogP contribution is 2.43. The third-order valence-electron chi connectivity index (χ3n) is 6.76. The molecule has 3 heterocycles. The number of fused-ring (bicyclic) bond motifs is 2. The number of amides is 2. The lowest BCUT2D eigenvalue weighted by Gasteiger charge is -2.16. The van der Waals surface area contributed by atoms with Crippen LogP contribution in [0.2, 0.25) is 0 Å². The maximum Gasteiger partial charge on any atom is 0.256 e. The molecule has 2 aliphatic rings. The van der Waals surface area contributed by atoms with Crippen molar-refractivity contribution in [2.45, 2.75) is 45.1 Å². The number of nitrogens with one attached hydrogen (secondary N) is 2. The van der Waals surface area contributed by atoms with Gasteiger partial charge in [-0.05, 0) is 67.5 Å². The monoisotopic (exact) mass is 470 g/mol. The van der Waals surface area contributed by atoms with Crippen molar-refractivity contribution in [3.05, 3.63) is 70.1 Å². The van der Waals surface area contributed by atoms with E-state index in [1.54, 1.807) is 11.3 Å². The minimum atomic E-state index is -0.134. The summed E-state index contributed by atoms with van der Waals surface area (Å²) in [5, 5.41) is 4.05. The Labute approximate surface area is 202 Å². The SMILES string of the molecule is O=C(Nc1sc2c(c1-c1nc3ccccc3[nH]1)CCCC2)c1cccc(CN2CCCC2=O)c1. The third kappa shape index (κ3) is 3.90. The van der Waals surface area contributed by atoms with Crippen molar-refractivity contribution < 1.29 is 9.59 Å². The molecule has 1 saturated heterocycles. The number of likely N-dealkylation sites (tertiary alicyclic amines) is 1. The van der Waals surface area contributed by atoms with Gasteiger partial charge in [-0.15, -0.1) is 11.3 Å². The van der Waals surface area contributed by atoms with Crippen molar-refractivity contribution >= 4 is 39.2 Å². The maximum absolute atomic E-state index is 13.3. The van der Waals surface area contributed by atoms with Crippen molar-refractivity contribution in [2.75, 3.05) is 11.9 Å². The second-order valence-corrected chi connectivity index (χ2v) is 10.2. The molecule has 2 N–H and O–H groups in total. The first-order valence-electron chi connectivity index (χ1n) is 11.9. The average Bonchev–Trinajstić information content (AvgIpc) is 3.55. The summed E-state index contributed by atoms with van der Waals surface area (Å²) in [4.78, 5) is 36.8. The summed E-state index contributed by atoms with van der Waals surface area (Å²) in [6, 6.07) is 15.6. The van der Waals surface area contributed by atoms with Crippen LogP contribution in [0.1, 0.15) is 52.0 Å². The molecule has 0 saturated carbocycles. The Kier molecular flexibility index (Phi) is 5.41. The number of thiophene rings is 1. The Morgan fingerprint density at radius 1 is 1.06 bits per heavy atom. The van der Waals surface area contributed by atoms with Crippen molar-refractivity contribution in [1.82, 2.24) is 14.9 Å². The molecule has 0 radical (unpaired) electrons. The van der Waals surface area contributed by atoms with E-state index in [1.807, 2.05) is 53.4 Å². The van der Waals surface area contributed by atoms with Crippen LogP contribution in [0.25, 0.3) is 22.4 Å². The van der Waals surface area contributed by atoms with E-state index in [1.165, 1.54) is 16.9 Å². The number of hydrogen-bond acceptors (Lipinski definition) is 4. The van der Waals surface area contributed by atoms with Gasteiger partial charge in [0.25, 0.3) is 5.91 Å². The number of carbonyl (C=O) groups is 2. The molecular formula is C27H26N4O2S. The normalized spacial score (nSPS) is 15.6. The number of hydrogen-bond donors (Lipinski definition) is 2. The Morgan fingerprint density at radius 3 is 2.79 bits per heavy atom. The topological polar surface area (TPSA) is 78.1 Å². The Balaban J connectivity index is 1.31. The second kappa shape index (κ2) is 8.72. The number of anilines is 1. The first-order chi connectivity index (χ1) is 16.7. The van der Waals surface area contributed by atoms with Crippen LogP contribution in [0.4, 0.5) is 5.00 Å². The fourth-order valence-electron chi connectivity index (χ4n) is 5.05. The van der Waals surface area contributed by atoms with Crippen LogP contribution in [0.5, 0.6) is 0 Å². The predicted molar refractivity (Wildman–Crippen MR) is 135 cm³/mol. The van der Waals surface area contributed by atoms with Crippen LogP contribution in [-0.2, 0) is 24.2 Å². The van der Waals surface area contributed by atoms with E-state index < -0.39 is 0 Å². The molecule has 1 aliphatic heterocycles. The van der Waals surface area contributed by atoms with Crippen LogP contribution < -0.4 is 5.32 Å².